The standard InChI is InChI=1S/C18H20F3N3O2S2/c1-11-7-24(8-12(2)26-11)9-14-10-27-17(22-14)23-16(25)13-3-5-15(6-4-13)28-18(19,20)21/h3-6,10-12H,7-9H2,1-2H3,(H,22,23,25)/t11-,12-/m0/s1. The number of nitrogens with zero attached hydrogens (tertiary/aromatic N) is 2. The van der Waals surface area contributed by atoms with Crippen molar-refractivity contribution in [2.75, 3.05) is 18.4 Å². The van der Waals surface area contributed by atoms with Crippen molar-refractivity contribution in [2.24, 2.45) is 0 Å². The first-order chi connectivity index (χ1) is 13.2. The van der Waals surface area contributed by atoms with Crippen LogP contribution in [-0.2, 0) is 11.3 Å². The minimum atomic E-state index is -4.35. The van der Waals surface area contributed by atoms with Gasteiger partial charge in [-0.3, -0.25) is 15.0 Å². The zero-order chi connectivity index (χ0) is 20.3. The van der Waals surface area contributed by atoms with Crippen LogP contribution in [0.5, 0.6) is 0 Å². The highest BCUT2D eigenvalue weighted by Crippen LogP contribution is 2.36. The lowest BCUT2D eigenvalue weighted by Gasteiger charge is -2.34. The van der Waals surface area contributed by atoms with Gasteiger partial charge in [0.1, 0.15) is 0 Å². The SMILES string of the molecule is C[C@H]1CN(Cc2csc(NC(=O)c3ccc(SC(F)(F)F)cc3)n2)C[C@H](C)O1. The van der Waals surface area contributed by atoms with Gasteiger partial charge in [-0.25, -0.2) is 4.98 Å². The van der Waals surface area contributed by atoms with Crippen LogP contribution in [0.2, 0.25) is 0 Å². The fraction of sp³-hybridized carbons (Fsp3) is 0.444. The number of alkyl halides is 3. The summed E-state index contributed by atoms with van der Waals surface area (Å²) in [5.41, 5.74) is -3.21. The van der Waals surface area contributed by atoms with E-state index in [1.807, 2.05) is 19.2 Å². The number of rotatable bonds is 5. The van der Waals surface area contributed by atoms with Crippen molar-refractivity contribution in [3.63, 3.8) is 0 Å². The number of aromatic nitrogens is 1. The minimum Gasteiger partial charge on any atom is -0.373 e. The Hall–Kier alpha value is -1.62. The first kappa shape index (κ1) is 21.1. The van der Waals surface area contributed by atoms with Crippen LogP contribution in [0, 0.1) is 0 Å². The molecule has 1 aliphatic heterocycles. The maximum absolute atomic E-state index is 12.4. The number of anilines is 1. The van der Waals surface area contributed by atoms with Crippen molar-refractivity contribution in [3.8, 4) is 0 Å². The molecule has 5 nitrogen and oxygen atoms in total. The van der Waals surface area contributed by atoms with Gasteiger partial charge >= 0.3 is 5.51 Å². The minimum absolute atomic E-state index is 0.0366. The topological polar surface area (TPSA) is 54.5 Å². The number of halogens is 3. The Morgan fingerprint density at radius 3 is 2.54 bits per heavy atom. The summed E-state index contributed by atoms with van der Waals surface area (Å²) < 4.78 is 42.8. The van der Waals surface area contributed by atoms with E-state index in [9.17, 15) is 18.0 Å². The summed E-state index contributed by atoms with van der Waals surface area (Å²) in [6.45, 7) is 6.40. The molecule has 1 fully saturated rings. The summed E-state index contributed by atoms with van der Waals surface area (Å²) in [4.78, 5) is 19.0. The van der Waals surface area contributed by atoms with E-state index in [1.54, 1.807) is 0 Å². The number of amides is 1. The van der Waals surface area contributed by atoms with Gasteiger partial charge in [-0.05, 0) is 49.9 Å². The molecule has 3 rings (SSSR count). The molecule has 1 saturated heterocycles. The molecular formula is C18H20F3N3O2S2. The fourth-order valence-corrected chi connectivity index (χ4v) is 4.29. The highest BCUT2D eigenvalue weighted by atomic mass is 32.2. The third-order valence-corrected chi connectivity index (χ3v) is 5.55. The number of carbonyl (C=O) groups is 1. The van der Waals surface area contributed by atoms with Crippen LogP contribution in [0.25, 0.3) is 0 Å². The molecule has 0 saturated carbocycles. The third kappa shape index (κ3) is 6.20. The van der Waals surface area contributed by atoms with Crippen LogP contribution >= 0.6 is 23.1 Å². The summed E-state index contributed by atoms with van der Waals surface area (Å²) in [6, 6.07) is 5.30. The molecule has 1 aromatic heterocycles. The predicted molar refractivity (Wildman–Crippen MR) is 104 cm³/mol. The zero-order valence-corrected chi connectivity index (χ0v) is 17.0. The Morgan fingerprint density at radius 2 is 1.93 bits per heavy atom. The summed E-state index contributed by atoms with van der Waals surface area (Å²) in [5.74, 6) is -0.405. The molecule has 1 aliphatic rings. The maximum atomic E-state index is 12.4. The van der Waals surface area contributed by atoms with E-state index >= 15 is 0 Å². The second-order valence-electron chi connectivity index (χ2n) is 6.62. The Labute approximate surface area is 169 Å². The molecule has 2 heterocycles. The second kappa shape index (κ2) is 8.81. The average molecular weight is 432 g/mol. The van der Waals surface area contributed by atoms with E-state index < -0.39 is 11.4 Å². The number of thioether (sulfide) groups is 1. The average Bonchev–Trinajstić information content (AvgIpc) is 2.99. The summed E-state index contributed by atoms with van der Waals surface area (Å²) in [7, 11) is 0. The molecule has 152 valence electrons. The number of thiazole rings is 1. The monoisotopic (exact) mass is 431 g/mol. The number of nitrogens with one attached hydrogen (secondary N) is 1. The van der Waals surface area contributed by atoms with Crippen molar-refractivity contribution in [1.29, 1.82) is 0 Å². The zero-order valence-electron chi connectivity index (χ0n) is 15.3. The number of morpholine rings is 1. The summed E-state index contributed by atoms with van der Waals surface area (Å²) >= 11 is 1.11. The summed E-state index contributed by atoms with van der Waals surface area (Å²) in [5, 5.41) is 5.05. The van der Waals surface area contributed by atoms with Crippen LogP contribution in [0.3, 0.4) is 0 Å². The molecule has 1 amide bonds. The van der Waals surface area contributed by atoms with Gasteiger partial charge in [0, 0.05) is 35.5 Å². The molecular weight excluding hydrogens is 411 g/mol. The molecule has 1 N–H and O–H groups in total. The smallest absolute Gasteiger partial charge is 0.373 e. The van der Waals surface area contributed by atoms with Gasteiger partial charge in [0.05, 0.1) is 17.9 Å². The number of ether oxygens (including phenoxy) is 1. The van der Waals surface area contributed by atoms with E-state index in [0.717, 1.165) is 18.8 Å². The molecule has 0 spiro atoms. The van der Waals surface area contributed by atoms with Crippen LogP contribution in [0.4, 0.5) is 18.3 Å². The molecule has 0 bridgehead atoms. The van der Waals surface area contributed by atoms with Crippen molar-refractivity contribution >= 4 is 34.1 Å². The third-order valence-electron chi connectivity index (χ3n) is 4.00. The lowest BCUT2D eigenvalue weighted by Crippen LogP contribution is -2.44. The van der Waals surface area contributed by atoms with Crippen LogP contribution in [0.1, 0.15) is 29.9 Å². The Bertz CT molecular complexity index is 801. The van der Waals surface area contributed by atoms with Gasteiger partial charge in [-0.15, -0.1) is 11.3 Å². The number of benzene rings is 1. The quantitative estimate of drug-likeness (QED) is 0.701. The van der Waals surface area contributed by atoms with E-state index in [0.29, 0.717) is 11.7 Å². The molecule has 0 aliphatic carbocycles. The molecule has 1 aromatic carbocycles. The Balaban J connectivity index is 1.56. The fourth-order valence-electron chi connectivity index (χ4n) is 3.06. The van der Waals surface area contributed by atoms with Gasteiger partial charge in [0.2, 0.25) is 0 Å². The first-order valence-electron chi connectivity index (χ1n) is 8.67. The van der Waals surface area contributed by atoms with Crippen molar-refractivity contribution in [1.82, 2.24) is 9.88 Å². The van der Waals surface area contributed by atoms with Gasteiger partial charge in [0.15, 0.2) is 5.13 Å². The van der Waals surface area contributed by atoms with Gasteiger partial charge < -0.3 is 4.74 Å². The summed E-state index contributed by atoms with van der Waals surface area (Å²) in [6.07, 6.45) is 0.333. The van der Waals surface area contributed by atoms with Gasteiger partial charge in [0.25, 0.3) is 5.91 Å². The van der Waals surface area contributed by atoms with Crippen molar-refractivity contribution in [3.05, 3.63) is 40.9 Å². The van der Waals surface area contributed by atoms with Crippen molar-refractivity contribution < 1.29 is 22.7 Å². The second-order valence-corrected chi connectivity index (χ2v) is 8.62. The normalized spacial score (nSPS) is 20.9. The lowest BCUT2D eigenvalue weighted by atomic mass is 10.2. The van der Waals surface area contributed by atoms with Gasteiger partial charge in [-0.1, -0.05) is 0 Å². The van der Waals surface area contributed by atoms with E-state index in [2.05, 4.69) is 15.2 Å². The molecule has 2 aromatic rings. The van der Waals surface area contributed by atoms with Gasteiger partial charge in [-0.2, -0.15) is 13.2 Å². The molecule has 10 heteroatoms. The van der Waals surface area contributed by atoms with E-state index in [1.165, 1.54) is 35.6 Å². The van der Waals surface area contributed by atoms with Crippen LogP contribution < -0.4 is 5.32 Å². The van der Waals surface area contributed by atoms with Crippen LogP contribution in [0.15, 0.2) is 34.5 Å². The number of carbonyl (C=O) groups excluding carboxylic acids is 1. The first-order valence-corrected chi connectivity index (χ1v) is 10.4. The molecule has 0 unspecified atom stereocenters. The van der Waals surface area contributed by atoms with Crippen LogP contribution in [-0.4, -0.2) is 46.6 Å². The highest BCUT2D eigenvalue weighted by molar-refractivity contribution is 8.00. The molecule has 0 radical (unpaired) electrons. The number of hydrogen-bond donors (Lipinski definition) is 1. The van der Waals surface area contributed by atoms with E-state index in [-0.39, 0.29) is 34.4 Å². The largest absolute Gasteiger partial charge is 0.446 e. The molecule has 28 heavy (non-hydrogen) atoms. The lowest BCUT2D eigenvalue weighted by molar-refractivity contribution is -0.0707. The predicted octanol–water partition coefficient (Wildman–Crippen LogP) is 4.62. The van der Waals surface area contributed by atoms with E-state index in [4.69, 9.17) is 4.74 Å². The Kier molecular flexibility index (Phi) is 6.64. The number of hydrogen-bond acceptors (Lipinski definition) is 6. The highest BCUT2D eigenvalue weighted by Gasteiger charge is 2.29. The molecule has 2 atom stereocenters. The maximum Gasteiger partial charge on any atom is 0.446 e. The van der Waals surface area contributed by atoms with Crippen molar-refractivity contribution in [2.45, 2.75) is 43.0 Å². The Morgan fingerprint density at radius 1 is 1.29 bits per heavy atom.